The Kier molecular flexibility index (Phi) is 4.13. The van der Waals surface area contributed by atoms with Gasteiger partial charge in [-0.15, -0.1) is 0 Å². The Morgan fingerprint density at radius 2 is 1.81 bits per heavy atom. The summed E-state index contributed by atoms with van der Waals surface area (Å²) in [5, 5.41) is 3.86. The Labute approximate surface area is 149 Å². The van der Waals surface area contributed by atoms with Gasteiger partial charge < -0.3 is 9.26 Å². The van der Waals surface area contributed by atoms with Crippen LogP contribution in [0.5, 0.6) is 5.75 Å². The minimum absolute atomic E-state index is 0.145. The minimum atomic E-state index is -3.55. The lowest BCUT2D eigenvalue weighted by atomic mass is 10.0. The molecule has 1 aliphatic rings. The quantitative estimate of drug-likeness (QED) is 0.658. The SMILES string of the molecule is COc1ccc(S(=O)(=O)N2CC(c3nc(-c4ncccn4)no3)C2)cc1. The third kappa shape index (κ3) is 2.93. The van der Waals surface area contributed by atoms with Gasteiger partial charge in [0, 0.05) is 25.5 Å². The van der Waals surface area contributed by atoms with Gasteiger partial charge >= 0.3 is 0 Å². The third-order valence-electron chi connectivity index (χ3n) is 4.10. The number of methoxy groups -OCH3 is 1. The molecule has 1 aromatic carbocycles. The lowest BCUT2D eigenvalue weighted by Gasteiger charge is -2.35. The van der Waals surface area contributed by atoms with E-state index in [1.807, 2.05) is 0 Å². The lowest BCUT2D eigenvalue weighted by Crippen LogP contribution is -2.48. The van der Waals surface area contributed by atoms with Gasteiger partial charge in [-0.1, -0.05) is 5.16 Å². The van der Waals surface area contributed by atoms with E-state index in [1.165, 1.54) is 23.5 Å². The zero-order valence-corrected chi connectivity index (χ0v) is 14.6. The molecule has 10 heteroatoms. The standard InChI is InChI=1S/C16H15N5O4S/c1-24-12-3-5-13(6-4-12)26(22,23)21-9-11(10-21)16-19-15(20-25-16)14-17-7-2-8-18-14/h2-8,11H,9-10H2,1H3. The van der Waals surface area contributed by atoms with E-state index in [-0.39, 0.29) is 29.7 Å². The largest absolute Gasteiger partial charge is 0.497 e. The number of sulfonamides is 1. The van der Waals surface area contributed by atoms with Crippen LogP contribution in [0.3, 0.4) is 0 Å². The topological polar surface area (TPSA) is 111 Å². The molecule has 3 heterocycles. The van der Waals surface area contributed by atoms with Crippen LogP contribution >= 0.6 is 0 Å². The van der Waals surface area contributed by atoms with Gasteiger partial charge in [-0.3, -0.25) is 0 Å². The average molecular weight is 373 g/mol. The zero-order chi connectivity index (χ0) is 18.1. The van der Waals surface area contributed by atoms with Crippen molar-refractivity contribution >= 4 is 10.0 Å². The molecule has 0 radical (unpaired) electrons. The summed E-state index contributed by atoms with van der Waals surface area (Å²) in [6.07, 6.45) is 3.18. The highest BCUT2D eigenvalue weighted by molar-refractivity contribution is 7.89. The second kappa shape index (κ2) is 6.46. The molecular formula is C16H15N5O4S. The van der Waals surface area contributed by atoms with Crippen molar-refractivity contribution in [3.8, 4) is 17.4 Å². The summed E-state index contributed by atoms with van der Waals surface area (Å²) >= 11 is 0. The van der Waals surface area contributed by atoms with E-state index in [2.05, 4.69) is 20.1 Å². The van der Waals surface area contributed by atoms with E-state index in [0.717, 1.165) is 0 Å². The molecule has 0 atom stereocenters. The van der Waals surface area contributed by atoms with Crippen molar-refractivity contribution in [2.24, 2.45) is 0 Å². The van der Waals surface area contributed by atoms with Gasteiger partial charge in [0.05, 0.1) is 17.9 Å². The highest BCUT2D eigenvalue weighted by Crippen LogP contribution is 2.32. The number of nitrogens with zero attached hydrogens (tertiary/aromatic N) is 5. The molecule has 9 nitrogen and oxygen atoms in total. The van der Waals surface area contributed by atoms with Crippen molar-refractivity contribution in [1.82, 2.24) is 24.4 Å². The minimum Gasteiger partial charge on any atom is -0.497 e. The van der Waals surface area contributed by atoms with Gasteiger partial charge in [0.15, 0.2) is 0 Å². The molecule has 26 heavy (non-hydrogen) atoms. The second-order valence-corrected chi connectivity index (χ2v) is 7.66. The molecule has 0 spiro atoms. The summed E-state index contributed by atoms with van der Waals surface area (Å²) in [4.78, 5) is 12.6. The van der Waals surface area contributed by atoms with Crippen LogP contribution in [-0.4, -0.2) is 53.0 Å². The normalized spacial score (nSPS) is 15.6. The van der Waals surface area contributed by atoms with E-state index in [0.29, 0.717) is 17.5 Å². The Bertz CT molecular complexity index is 999. The van der Waals surface area contributed by atoms with Gasteiger partial charge in [0.2, 0.25) is 27.6 Å². The molecular weight excluding hydrogens is 358 g/mol. The van der Waals surface area contributed by atoms with E-state index in [4.69, 9.17) is 9.26 Å². The van der Waals surface area contributed by atoms with E-state index in [9.17, 15) is 8.42 Å². The van der Waals surface area contributed by atoms with Crippen LogP contribution < -0.4 is 4.74 Å². The first-order chi connectivity index (χ1) is 12.6. The fourth-order valence-corrected chi connectivity index (χ4v) is 4.12. The lowest BCUT2D eigenvalue weighted by molar-refractivity contribution is 0.217. The van der Waals surface area contributed by atoms with Crippen LogP contribution in [0.25, 0.3) is 11.6 Å². The summed E-state index contributed by atoms with van der Waals surface area (Å²) in [6.45, 7) is 0.567. The molecule has 0 saturated carbocycles. The van der Waals surface area contributed by atoms with Crippen LogP contribution in [0.4, 0.5) is 0 Å². The molecule has 4 rings (SSSR count). The van der Waals surface area contributed by atoms with Crippen LogP contribution in [0.2, 0.25) is 0 Å². The zero-order valence-electron chi connectivity index (χ0n) is 13.8. The van der Waals surface area contributed by atoms with Crippen LogP contribution in [-0.2, 0) is 10.0 Å². The van der Waals surface area contributed by atoms with Crippen molar-refractivity contribution in [2.45, 2.75) is 10.8 Å². The maximum atomic E-state index is 12.6. The molecule has 1 aliphatic heterocycles. The highest BCUT2D eigenvalue weighted by Gasteiger charge is 2.40. The summed E-state index contributed by atoms with van der Waals surface area (Å²) < 4.78 is 36.9. The Hall–Kier alpha value is -2.85. The fourth-order valence-electron chi connectivity index (χ4n) is 2.59. The second-order valence-electron chi connectivity index (χ2n) is 5.72. The predicted molar refractivity (Wildman–Crippen MR) is 89.8 cm³/mol. The van der Waals surface area contributed by atoms with Crippen molar-refractivity contribution in [3.63, 3.8) is 0 Å². The molecule has 1 saturated heterocycles. The van der Waals surface area contributed by atoms with Gasteiger partial charge in [-0.05, 0) is 30.3 Å². The monoisotopic (exact) mass is 373 g/mol. The summed E-state index contributed by atoms with van der Waals surface area (Å²) in [6, 6.07) is 7.99. The first kappa shape index (κ1) is 16.6. The number of ether oxygens (including phenoxy) is 1. The van der Waals surface area contributed by atoms with Gasteiger partial charge in [0.1, 0.15) is 5.75 Å². The third-order valence-corrected chi connectivity index (χ3v) is 5.95. The highest BCUT2D eigenvalue weighted by atomic mass is 32.2. The maximum Gasteiger partial charge on any atom is 0.243 e. The van der Waals surface area contributed by atoms with E-state index < -0.39 is 10.0 Å². The molecule has 3 aromatic rings. The molecule has 0 bridgehead atoms. The molecule has 0 aliphatic carbocycles. The molecule has 0 unspecified atom stereocenters. The number of hydrogen-bond acceptors (Lipinski definition) is 8. The fraction of sp³-hybridized carbons (Fsp3) is 0.250. The number of hydrogen-bond donors (Lipinski definition) is 0. The summed E-state index contributed by atoms with van der Waals surface area (Å²) in [7, 11) is -2.02. The molecule has 0 amide bonds. The molecule has 1 fully saturated rings. The van der Waals surface area contributed by atoms with Gasteiger partial charge in [0.25, 0.3) is 0 Å². The van der Waals surface area contributed by atoms with E-state index in [1.54, 1.807) is 30.6 Å². The van der Waals surface area contributed by atoms with Crippen molar-refractivity contribution in [2.75, 3.05) is 20.2 Å². The summed E-state index contributed by atoms with van der Waals surface area (Å²) in [5.41, 5.74) is 0. The molecule has 2 aromatic heterocycles. The Balaban J connectivity index is 1.46. The first-order valence-corrected chi connectivity index (χ1v) is 9.27. The molecule has 0 N–H and O–H groups in total. The van der Waals surface area contributed by atoms with Crippen LogP contribution in [0, 0.1) is 0 Å². The first-order valence-electron chi connectivity index (χ1n) is 7.83. The Morgan fingerprint density at radius 3 is 2.46 bits per heavy atom. The average Bonchev–Trinajstić information content (AvgIpc) is 3.10. The van der Waals surface area contributed by atoms with Crippen molar-refractivity contribution in [3.05, 3.63) is 48.6 Å². The van der Waals surface area contributed by atoms with Crippen LogP contribution in [0.1, 0.15) is 11.8 Å². The number of rotatable bonds is 5. The predicted octanol–water partition coefficient (Wildman–Crippen LogP) is 1.32. The van der Waals surface area contributed by atoms with Crippen LogP contribution in [0.15, 0.2) is 52.1 Å². The molecule has 134 valence electrons. The number of benzene rings is 1. The van der Waals surface area contributed by atoms with Gasteiger partial charge in [-0.2, -0.15) is 9.29 Å². The van der Waals surface area contributed by atoms with Gasteiger partial charge in [-0.25, -0.2) is 18.4 Å². The van der Waals surface area contributed by atoms with Crippen molar-refractivity contribution in [1.29, 1.82) is 0 Å². The maximum absolute atomic E-state index is 12.6. The van der Waals surface area contributed by atoms with E-state index >= 15 is 0 Å². The van der Waals surface area contributed by atoms with Crippen molar-refractivity contribution < 1.29 is 17.7 Å². The number of aromatic nitrogens is 4. The summed E-state index contributed by atoms with van der Waals surface area (Å²) in [5.74, 6) is 1.50. The smallest absolute Gasteiger partial charge is 0.243 e. The Morgan fingerprint density at radius 1 is 1.12 bits per heavy atom.